The van der Waals surface area contributed by atoms with Crippen molar-refractivity contribution in [2.24, 2.45) is 5.73 Å². The lowest BCUT2D eigenvalue weighted by atomic mass is 9.98. The van der Waals surface area contributed by atoms with Crippen LogP contribution in [-0.2, 0) is 17.8 Å². The Labute approximate surface area is 275 Å². The molecular formula is C37H44F2N4O4. The summed E-state index contributed by atoms with van der Waals surface area (Å²) < 4.78 is 39.7. The predicted octanol–water partition coefficient (Wildman–Crippen LogP) is 6.89. The highest BCUT2D eigenvalue weighted by Gasteiger charge is 2.25. The lowest BCUT2D eigenvalue weighted by molar-refractivity contribution is 0.0755. The van der Waals surface area contributed by atoms with Crippen LogP contribution in [0, 0.1) is 11.6 Å². The summed E-state index contributed by atoms with van der Waals surface area (Å²) in [5, 5.41) is 2.95. The van der Waals surface area contributed by atoms with Crippen molar-refractivity contribution in [3.63, 3.8) is 0 Å². The second kappa shape index (κ2) is 16.9. The Hall–Kier alpha value is -4.41. The highest BCUT2D eigenvalue weighted by molar-refractivity contribution is 6.01. The summed E-state index contributed by atoms with van der Waals surface area (Å²) >= 11 is 0. The van der Waals surface area contributed by atoms with Crippen LogP contribution < -0.4 is 11.1 Å². The largest absolute Gasteiger partial charge is 0.445 e. The zero-order valence-corrected chi connectivity index (χ0v) is 27.5. The van der Waals surface area contributed by atoms with Gasteiger partial charge in [-0.05, 0) is 72.2 Å². The number of nitrogens with zero attached hydrogens (tertiary/aromatic N) is 2. The first-order chi connectivity index (χ1) is 22.6. The van der Waals surface area contributed by atoms with Crippen LogP contribution in [0.5, 0.6) is 0 Å². The molecule has 1 unspecified atom stereocenters. The van der Waals surface area contributed by atoms with Crippen LogP contribution >= 0.6 is 0 Å². The second-order valence-corrected chi connectivity index (χ2v) is 12.1. The Morgan fingerprint density at radius 3 is 2.30 bits per heavy atom. The summed E-state index contributed by atoms with van der Waals surface area (Å²) in [5.41, 5.74) is 10.0. The molecule has 4 rings (SSSR count). The van der Waals surface area contributed by atoms with E-state index in [1.54, 1.807) is 17.0 Å². The topological polar surface area (TPSA) is 111 Å². The van der Waals surface area contributed by atoms with E-state index in [2.05, 4.69) is 36.3 Å². The normalized spacial score (nSPS) is 12.6. The van der Waals surface area contributed by atoms with Crippen molar-refractivity contribution in [2.45, 2.75) is 71.6 Å². The molecule has 8 nitrogen and oxygen atoms in total. The van der Waals surface area contributed by atoms with Gasteiger partial charge < -0.3 is 25.1 Å². The fourth-order valence-corrected chi connectivity index (χ4v) is 5.42. The maximum Gasteiger partial charge on any atom is 0.253 e. The quantitative estimate of drug-likeness (QED) is 0.137. The molecule has 0 saturated carbocycles. The maximum absolute atomic E-state index is 14.1. The number of rotatable bonds is 16. The molecule has 250 valence electrons. The Morgan fingerprint density at radius 1 is 0.957 bits per heavy atom. The Balaban J connectivity index is 1.60. The minimum Gasteiger partial charge on any atom is -0.445 e. The molecule has 3 aromatic carbocycles. The van der Waals surface area contributed by atoms with Gasteiger partial charge in [0.1, 0.15) is 17.9 Å². The fraction of sp³-hybridized carbons (Fsp3) is 0.378. The number of oxazole rings is 1. The zero-order chi connectivity index (χ0) is 33.9. The number of nitrogens with two attached hydrogens (primary N) is 1. The first-order valence-electron chi connectivity index (χ1n) is 16.1. The SMILES string of the molecule is CCCN(CCC)C(=O)c1cc(C(=O)N[C@@H](Cc2cc(F)cc(F)c2)C(N)COCc2cccc(C(C)C)c2)cc(-c2ncco2)c1. The third-order valence-electron chi connectivity index (χ3n) is 7.80. The number of halogens is 2. The highest BCUT2D eigenvalue weighted by atomic mass is 19.1. The predicted molar refractivity (Wildman–Crippen MR) is 178 cm³/mol. The summed E-state index contributed by atoms with van der Waals surface area (Å²) in [7, 11) is 0. The minimum absolute atomic E-state index is 0.0414. The molecule has 0 fully saturated rings. The number of carbonyl (C=O) groups is 2. The van der Waals surface area contributed by atoms with E-state index in [0.29, 0.717) is 42.3 Å². The van der Waals surface area contributed by atoms with E-state index in [4.69, 9.17) is 14.9 Å². The highest BCUT2D eigenvalue weighted by Crippen LogP contribution is 2.23. The van der Waals surface area contributed by atoms with Crippen LogP contribution in [-0.4, -0.2) is 53.5 Å². The van der Waals surface area contributed by atoms with Crippen molar-refractivity contribution in [1.82, 2.24) is 15.2 Å². The summed E-state index contributed by atoms with van der Waals surface area (Å²) in [5.74, 6) is -1.58. The van der Waals surface area contributed by atoms with Gasteiger partial charge in [0.2, 0.25) is 5.89 Å². The number of benzene rings is 3. The van der Waals surface area contributed by atoms with Gasteiger partial charge in [0.05, 0.1) is 25.5 Å². The second-order valence-electron chi connectivity index (χ2n) is 12.1. The van der Waals surface area contributed by atoms with Crippen LogP contribution in [0.1, 0.15) is 83.9 Å². The van der Waals surface area contributed by atoms with Gasteiger partial charge in [0.25, 0.3) is 11.8 Å². The van der Waals surface area contributed by atoms with E-state index >= 15 is 0 Å². The van der Waals surface area contributed by atoms with E-state index in [1.807, 2.05) is 26.0 Å². The van der Waals surface area contributed by atoms with Crippen LogP contribution in [0.3, 0.4) is 0 Å². The van der Waals surface area contributed by atoms with Crippen molar-refractivity contribution in [1.29, 1.82) is 0 Å². The lowest BCUT2D eigenvalue weighted by Gasteiger charge is -2.26. The van der Waals surface area contributed by atoms with Crippen molar-refractivity contribution < 1.29 is 27.5 Å². The van der Waals surface area contributed by atoms with Gasteiger partial charge in [-0.3, -0.25) is 9.59 Å². The number of hydrogen-bond donors (Lipinski definition) is 2. The van der Waals surface area contributed by atoms with E-state index in [9.17, 15) is 18.4 Å². The minimum atomic E-state index is -0.771. The first-order valence-corrected chi connectivity index (χ1v) is 16.1. The molecule has 0 bridgehead atoms. The third-order valence-corrected chi connectivity index (χ3v) is 7.80. The molecule has 10 heteroatoms. The smallest absolute Gasteiger partial charge is 0.253 e. The number of nitrogens with one attached hydrogen (secondary N) is 1. The molecule has 2 atom stereocenters. The van der Waals surface area contributed by atoms with Gasteiger partial charge in [-0.15, -0.1) is 0 Å². The molecule has 3 N–H and O–H groups in total. The molecule has 47 heavy (non-hydrogen) atoms. The van der Waals surface area contributed by atoms with E-state index in [-0.39, 0.29) is 30.4 Å². The molecule has 0 aliphatic rings. The van der Waals surface area contributed by atoms with Crippen LogP contribution in [0.25, 0.3) is 11.5 Å². The van der Waals surface area contributed by atoms with Crippen molar-refractivity contribution in [3.8, 4) is 11.5 Å². The van der Waals surface area contributed by atoms with Gasteiger partial charge in [0, 0.05) is 41.9 Å². The van der Waals surface area contributed by atoms with Crippen LogP contribution in [0.4, 0.5) is 8.78 Å². The molecule has 0 saturated heterocycles. The Morgan fingerprint density at radius 2 is 1.66 bits per heavy atom. The van der Waals surface area contributed by atoms with Crippen molar-refractivity contribution in [2.75, 3.05) is 19.7 Å². The zero-order valence-electron chi connectivity index (χ0n) is 27.5. The van der Waals surface area contributed by atoms with Crippen LogP contribution in [0.2, 0.25) is 0 Å². The van der Waals surface area contributed by atoms with Gasteiger partial charge in [-0.25, -0.2) is 13.8 Å². The molecule has 1 aromatic heterocycles. The molecule has 1 heterocycles. The van der Waals surface area contributed by atoms with E-state index in [1.165, 1.54) is 36.2 Å². The van der Waals surface area contributed by atoms with Gasteiger partial charge in [-0.2, -0.15) is 0 Å². The lowest BCUT2D eigenvalue weighted by Crippen LogP contribution is -2.51. The summed E-state index contributed by atoms with van der Waals surface area (Å²) in [4.78, 5) is 33.4. The molecule has 4 aromatic rings. The fourth-order valence-electron chi connectivity index (χ4n) is 5.42. The van der Waals surface area contributed by atoms with Crippen molar-refractivity contribution >= 4 is 11.8 Å². The summed E-state index contributed by atoms with van der Waals surface area (Å²) in [6.07, 6.45) is 4.50. The molecule has 0 radical (unpaired) electrons. The Bertz CT molecular complexity index is 1600. The third kappa shape index (κ3) is 10.0. The standard InChI is InChI=1S/C37H44F2N4O4/c1-5-11-43(12-6-2)37(45)30-19-28(18-29(20-30)36-41-10-13-47-36)35(44)42-34(17-26-15-31(38)21-32(39)16-26)33(40)23-46-22-25-8-7-9-27(14-25)24(3)4/h7-10,13-16,18-21,24,33-34H,5-6,11-12,17,22-23,40H2,1-4H3,(H,42,44)/t33?,34-/m0/s1. The Kier molecular flexibility index (Phi) is 12.8. The van der Waals surface area contributed by atoms with E-state index < -0.39 is 29.6 Å². The molecule has 2 amide bonds. The number of ether oxygens (including phenoxy) is 1. The average Bonchev–Trinajstić information content (AvgIpc) is 3.59. The monoisotopic (exact) mass is 646 g/mol. The number of hydrogen-bond acceptors (Lipinski definition) is 6. The number of aromatic nitrogens is 1. The van der Waals surface area contributed by atoms with Gasteiger partial charge in [-0.1, -0.05) is 52.0 Å². The van der Waals surface area contributed by atoms with E-state index in [0.717, 1.165) is 24.5 Å². The van der Waals surface area contributed by atoms with Gasteiger partial charge in [0.15, 0.2) is 0 Å². The molecular weight excluding hydrogens is 602 g/mol. The number of carbonyl (C=O) groups excluding carboxylic acids is 2. The summed E-state index contributed by atoms with van der Waals surface area (Å²) in [6.45, 7) is 9.74. The first kappa shape index (κ1) is 35.4. The van der Waals surface area contributed by atoms with Gasteiger partial charge >= 0.3 is 0 Å². The molecule has 0 aliphatic heterocycles. The summed E-state index contributed by atoms with van der Waals surface area (Å²) in [6, 6.07) is 14.6. The number of amides is 2. The van der Waals surface area contributed by atoms with Crippen molar-refractivity contribution in [3.05, 3.63) is 113 Å². The van der Waals surface area contributed by atoms with Crippen LogP contribution in [0.15, 0.2) is 77.5 Å². The average molecular weight is 647 g/mol. The maximum atomic E-state index is 14.1. The molecule has 0 aliphatic carbocycles. The molecule has 0 spiro atoms.